The summed E-state index contributed by atoms with van der Waals surface area (Å²) in [5.41, 5.74) is 0. The monoisotopic (exact) mass is 229 g/mol. The maximum Gasteiger partial charge on any atom is -0.147 e. The largest absolute Gasteiger partial charge is 0.147 e. The molecule has 1 nitrogen and oxygen atoms in total. The smallest absolute Gasteiger partial charge is 0.147 e. The van der Waals surface area contributed by atoms with Gasteiger partial charge in [-0.25, -0.2) is 0 Å². The molecule has 0 N–H and O–H groups in total. The van der Waals surface area contributed by atoms with Crippen molar-refractivity contribution in [3.05, 3.63) is 0 Å². The molecule has 0 aromatic rings. The summed E-state index contributed by atoms with van der Waals surface area (Å²) in [5.74, 6) is 0. The molecular formula is C2H12Cl3GeN. The van der Waals surface area contributed by atoms with Crippen LogP contribution >= 0.6 is 37.2 Å². The molecule has 0 spiro atoms. The van der Waals surface area contributed by atoms with Gasteiger partial charge in [0.2, 0.25) is 0 Å². The van der Waals surface area contributed by atoms with Crippen molar-refractivity contribution in [2.75, 3.05) is 14.1 Å². The first-order valence-corrected chi connectivity index (χ1v) is 3.22. The molecule has 0 aliphatic carbocycles. The molecule has 0 aromatic heterocycles. The van der Waals surface area contributed by atoms with Gasteiger partial charge in [-0.05, 0) is 0 Å². The standard InChI is InChI=1S/C2H9GeN.3ClH/c1-4(2)3;;;/h1-3H3;3*1H. The van der Waals surface area contributed by atoms with E-state index in [4.69, 9.17) is 0 Å². The first-order chi connectivity index (χ1) is 1.73. The van der Waals surface area contributed by atoms with E-state index >= 15 is 0 Å². The third kappa shape index (κ3) is 113. The SMILES string of the molecule is C[N](C)[GeH3].Cl.Cl.Cl. The van der Waals surface area contributed by atoms with Crippen molar-refractivity contribution in [2.45, 2.75) is 0 Å². The van der Waals surface area contributed by atoms with Crippen LogP contribution in [0.25, 0.3) is 0 Å². The minimum atomic E-state index is 0. The Morgan fingerprint density at radius 1 is 1.00 bits per heavy atom. The molecular weight excluding hydrogens is 217 g/mol. The summed E-state index contributed by atoms with van der Waals surface area (Å²) in [7, 11) is 4.17. The second-order valence-electron chi connectivity index (χ2n) is 1.34. The fourth-order valence-electron chi connectivity index (χ4n) is 0. The number of halogens is 3. The summed E-state index contributed by atoms with van der Waals surface area (Å²) in [5, 5.41) is 0. The van der Waals surface area contributed by atoms with Gasteiger partial charge in [-0.2, -0.15) is 0 Å². The van der Waals surface area contributed by atoms with Crippen LogP contribution in [0.4, 0.5) is 0 Å². The van der Waals surface area contributed by atoms with Crippen molar-refractivity contribution in [1.29, 1.82) is 0 Å². The Morgan fingerprint density at radius 3 is 1.00 bits per heavy atom. The van der Waals surface area contributed by atoms with Crippen LogP contribution in [0.5, 0.6) is 0 Å². The molecule has 5 heteroatoms. The number of rotatable bonds is 0. The maximum absolute atomic E-state index is 2.19. The third-order valence-corrected chi connectivity index (χ3v) is 0. The van der Waals surface area contributed by atoms with Crippen LogP contribution < -0.4 is 0 Å². The van der Waals surface area contributed by atoms with Gasteiger partial charge >= 0.3 is 34.7 Å². The topological polar surface area (TPSA) is 3.24 Å². The Hall–Kier alpha value is 1.37. The van der Waals surface area contributed by atoms with Crippen LogP contribution in [-0.2, 0) is 0 Å². The molecule has 0 atom stereocenters. The van der Waals surface area contributed by atoms with E-state index in [0.717, 1.165) is 16.7 Å². The van der Waals surface area contributed by atoms with Crippen molar-refractivity contribution in [3.63, 3.8) is 0 Å². The molecule has 0 rings (SSSR count). The van der Waals surface area contributed by atoms with Gasteiger partial charge in [0.05, 0.1) is 0 Å². The fraction of sp³-hybridized carbons (Fsp3) is 1.00. The van der Waals surface area contributed by atoms with Gasteiger partial charge in [0, 0.05) is 0 Å². The molecule has 50 valence electrons. The van der Waals surface area contributed by atoms with Gasteiger partial charge in [0.1, 0.15) is 0 Å². The van der Waals surface area contributed by atoms with E-state index in [9.17, 15) is 0 Å². The Balaban J connectivity index is -0.0000000150. The summed E-state index contributed by atoms with van der Waals surface area (Å²) in [6.45, 7) is 0. The number of hydrogen-bond acceptors (Lipinski definition) is 1. The molecule has 0 radical (unpaired) electrons. The molecule has 0 aliphatic rings. The van der Waals surface area contributed by atoms with Gasteiger partial charge < -0.3 is 0 Å². The van der Waals surface area contributed by atoms with Gasteiger partial charge in [-0.3, -0.25) is 0 Å². The summed E-state index contributed by atoms with van der Waals surface area (Å²) >= 11 is 0.896. The van der Waals surface area contributed by atoms with Gasteiger partial charge in [0.25, 0.3) is 0 Å². The van der Waals surface area contributed by atoms with E-state index in [-0.39, 0.29) is 37.2 Å². The molecule has 0 amide bonds. The van der Waals surface area contributed by atoms with Crippen LogP contribution in [-0.4, -0.2) is 34.7 Å². The average molecular weight is 229 g/mol. The summed E-state index contributed by atoms with van der Waals surface area (Å²) in [6, 6.07) is 0. The average Bonchev–Trinajstić information content (AvgIpc) is 0.811. The van der Waals surface area contributed by atoms with Crippen LogP contribution in [0.3, 0.4) is 0 Å². The zero-order valence-electron chi connectivity index (χ0n) is 4.67. The van der Waals surface area contributed by atoms with Crippen molar-refractivity contribution >= 4 is 54.0 Å². The summed E-state index contributed by atoms with van der Waals surface area (Å²) < 4.78 is 2.19. The minimum Gasteiger partial charge on any atom is -0.147 e. The van der Waals surface area contributed by atoms with Crippen LogP contribution in [0, 0.1) is 0 Å². The van der Waals surface area contributed by atoms with Gasteiger partial charge in [0.15, 0.2) is 0 Å². The second-order valence-corrected chi connectivity index (χ2v) is 5.09. The van der Waals surface area contributed by atoms with E-state index in [2.05, 4.69) is 18.0 Å². The first-order valence-electron chi connectivity index (χ1n) is 1.34. The predicted molar refractivity (Wildman–Crippen MR) is 45.4 cm³/mol. The molecule has 7 heavy (non-hydrogen) atoms. The minimum absolute atomic E-state index is 0. The fourth-order valence-corrected chi connectivity index (χ4v) is 0. The Kier molecular flexibility index (Phi) is 53.2. The van der Waals surface area contributed by atoms with E-state index in [1.807, 2.05) is 0 Å². The number of nitrogens with zero attached hydrogens (tertiary/aromatic N) is 1. The molecule has 0 aromatic carbocycles. The van der Waals surface area contributed by atoms with Gasteiger partial charge in [-0.1, -0.05) is 0 Å². The molecule has 0 bridgehead atoms. The molecule has 0 aliphatic heterocycles. The van der Waals surface area contributed by atoms with Gasteiger partial charge in [-0.15, -0.1) is 37.2 Å². The van der Waals surface area contributed by atoms with E-state index in [1.165, 1.54) is 0 Å². The Bertz CT molecular complexity index is 17.7. The molecule has 0 unspecified atom stereocenters. The van der Waals surface area contributed by atoms with E-state index in [0.29, 0.717) is 0 Å². The third-order valence-electron chi connectivity index (χ3n) is 0. The molecule has 0 saturated carbocycles. The summed E-state index contributed by atoms with van der Waals surface area (Å²) in [4.78, 5) is 0. The zero-order valence-corrected chi connectivity index (χ0v) is 11.3. The van der Waals surface area contributed by atoms with Crippen molar-refractivity contribution in [2.24, 2.45) is 0 Å². The predicted octanol–water partition coefficient (Wildman–Crippen LogP) is 0.0938. The zero-order chi connectivity index (χ0) is 3.58. The van der Waals surface area contributed by atoms with E-state index in [1.54, 1.807) is 0 Å². The first kappa shape index (κ1) is 23.8. The normalized spacial score (nSPS) is 5.57. The van der Waals surface area contributed by atoms with Crippen molar-refractivity contribution < 1.29 is 0 Å². The number of hydrogen-bond donors (Lipinski definition) is 0. The molecule has 0 saturated heterocycles. The van der Waals surface area contributed by atoms with Crippen molar-refractivity contribution in [3.8, 4) is 0 Å². The van der Waals surface area contributed by atoms with Crippen LogP contribution in [0.2, 0.25) is 0 Å². The van der Waals surface area contributed by atoms with Crippen molar-refractivity contribution in [1.82, 2.24) is 3.86 Å². The quantitative estimate of drug-likeness (QED) is 0.532. The van der Waals surface area contributed by atoms with Crippen LogP contribution in [0.15, 0.2) is 0 Å². The Labute approximate surface area is 71.9 Å². The summed E-state index contributed by atoms with van der Waals surface area (Å²) in [6.07, 6.45) is 0. The second kappa shape index (κ2) is 15.7. The maximum atomic E-state index is 2.19. The Morgan fingerprint density at radius 2 is 1.00 bits per heavy atom. The molecule has 0 heterocycles. The van der Waals surface area contributed by atoms with Crippen LogP contribution in [0.1, 0.15) is 0 Å². The van der Waals surface area contributed by atoms with E-state index < -0.39 is 0 Å². The molecule has 0 fully saturated rings.